The largest absolute Gasteiger partial charge is 0.354 e. The number of non-ortho nitro benzene ring substituents is 1. The Bertz CT molecular complexity index is 775. The number of nitro benzene ring substituents is 1. The number of benzene rings is 1. The first kappa shape index (κ1) is 16.4. The van der Waals surface area contributed by atoms with Crippen molar-refractivity contribution in [2.75, 3.05) is 0 Å². The van der Waals surface area contributed by atoms with Crippen molar-refractivity contribution in [3.8, 4) is 0 Å². The maximum atomic E-state index is 12.2. The van der Waals surface area contributed by atoms with Gasteiger partial charge in [0.1, 0.15) is 5.69 Å². The molecule has 0 aliphatic rings. The van der Waals surface area contributed by atoms with Crippen LogP contribution in [0.1, 0.15) is 44.6 Å². The second-order valence-corrected chi connectivity index (χ2v) is 5.29. The van der Waals surface area contributed by atoms with Gasteiger partial charge in [0.2, 0.25) is 0 Å². The molecule has 0 spiro atoms. The molecule has 2 aromatic rings. The highest BCUT2D eigenvalue weighted by Gasteiger charge is 2.19. The average Bonchev–Trinajstić information content (AvgIpc) is 2.80. The number of H-pyrrole nitrogens is 1. The van der Waals surface area contributed by atoms with Gasteiger partial charge in [0, 0.05) is 29.9 Å². The molecule has 7 nitrogen and oxygen atoms in total. The standard InChI is InChI=1S/C16H17N3O4/c1-9-14(11(3)20)10(2)18-15(9)16(21)17-8-12-4-6-13(7-5-12)19(22)23/h4-7,18H,8H2,1-3H3,(H,17,21). The van der Waals surface area contributed by atoms with Crippen molar-refractivity contribution >= 4 is 17.4 Å². The number of nitro groups is 1. The Labute approximate surface area is 132 Å². The van der Waals surface area contributed by atoms with Crippen LogP contribution in [0.2, 0.25) is 0 Å². The predicted octanol–water partition coefficient (Wildman–Crippen LogP) is 2.67. The highest BCUT2D eigenvalue weighted by molar-refractivity contribution is 6.02. The molecule has 0 fully saturated rings. The van der Waals surface area contributed by atoms with Crippen LogP contribution in [0.4, 0.5) is 5.69 Å². The third-order valence-corrected chi connectivity index (χ3v) is 3.62. The summed E-state index contributed by atoms with van der Waals surface area (Å²) in [7, 11) is 0. The van der Waals surface area contributed by atoms with Crippen molar-refractivity contribution < 1.29 is 14.5 Å². The molecule has 0 atom stereocenters. The molecule has 120 valence electrons. The summed E-state index contributed by atoms with van der Waals surface area (Å²) in [6.07, 6.45) is 0. The molecule has 0 saturated heterocycles. The Morgan fingerprint density at radius 3 is 2.30 bits per heavy atom. The van der Waals surface area contributed by atoms with E-state index in [4.69, 9.17) is 0 Å². The number of nitrogens with zero attached hydrogens (tertiary/aromatic N) is 1. The third kappa shape index (κ3) is 3.45. The lowest BCUT2D eigenvalue weighted by molar-refractivity contribution is -0.384. The molecular weight excluding hydrogens is 298 g/mol. The minimum absolute atomic E-state index is 0.00186. The monoisotopic (exact) mass is 315 g/mol. The summed E-state index contributed by atoms with van der Waals surface area (Å²) in [6, 6.07) is 5.96. The second-order valence-electron chi connectivity index (χ2n) is 5.29. The number of aromatic amines is 1. The van der Waals surface area contributed by atoms with Crippen molar-refractivity contribution in [2.24, 2.45) is 0 Å². The second kappa shape index (κ2) is 6.43. The summed E-state index contributed by atoms with van der Waals surface area (Å²) in [4.78, 5) is 36.9. The highest BCUT2D eigenvalue weighted by Crippen LogP contribution is 2.18. The normalized spacial score (nSPS) is 10.4. The van der Waals surface area contributed by atoms with Crippen molar-refractivity contribution in [1.29, 1.82) is 0 Å². The van der Waals surface area contributed by atoms with Gasteiger partial charge < -0.3 is 10.3 Å². The molecule has 0 unspecified atom stereocenters. The smallest absolute Gasteiger partial charge is 0.269 e. The molecule has 23 heavy (non-hydrogen) atoms. The van der Waals surface area contributed by atoms with E-state index < -0.39 is 4.92 Å². The highest BCUT2D eigenvalue weighted by atomic mass is 16.6. The Kier molecular flexibility index (Phi) is 4.59. The zero-order valence-corrected chi connectivity index (χ0v) is 13.1. The quantitative estimate of drug-likeness (QED) is 0.502. The van der Waals surface area contributed by atoms with Crippen molar-refractivity contribution in [3.05, 3.63) is 62.5 Å². The summed E-state index contributed by atoms with van der Waals surface area (Å²) >= 11 is 0. The van der Waals surface area contributed by atoms with Gasteiger partial charge in [0.05, 0.1) is 4.92 Å². The van der Waals surface area contributed by atoms with Gasteiger partial charge in [-0.05, 0) is 31.9 Å². The minimum Gasteiger partial charge on any atom is -0.354 e. The van der Waals surface area contributed by atoms with E-state index in [9.17, 15) is 19.7 Å². The lowest BCUT2D eigenvalue weighted by atomic mass is 10.1. The molecule has 0 aliphatic carbocycles. The van der Waals surface area contributed by atoms with Crippen LogP contribution in [-0.4, -0.2) is 21.6 Å². The molecule has 0 radical (unpaired) electrons. The van der Waals surface area contributed by atoms with E-state index in [1.165, 1.54) is 19.1 Å². The fourth-order valence-electron chi connectivity index (χ4n) is 2.51. The number of amides is 1. The number of aromatic nitrogens is 1. The van der Waals surface area contributed by atoms with Crippen molar-refractivity contribution in [2.45, 2.75) is 27.3 Å². The van der Waals surface area contributed by atoms with E-state index in [0.717, 1.165) is 5.56 Å². The summed E-state index contributed by atoms with van der Waals surface area (Å²) in [5, 5.41) is 13.3. The van der Waals surface area contributed by atoms with Crippen LogP contribution in [0.25, 0.3) is 0 Å². The number of aryl methyl sites for hydroxylation is 1. The van der Waals surface area contributed by atoms with Gasteiger partial charge in [0.15, 0.2) is 5.78 Å². The van der Waals surface area contributed by atoms with Crippen LogP contribution < -0.4 is 5.32 Å². The number of carbonyl (C=O) groups excluding carboxylic acids is 2. The van der Waals surface area contributed by atoms with Crippen LogP contribution in [0.3, 0.4) is 0 Å². The molecule has 1 heterocycles. The fourth-order valence-corrected chi connectivity index (χ4v) is 2.51. The fraction of sp³-hybridized carbons (Fsp3) is 0.250. The number of carbonyl (C=O) groups is 2. The molecule has 1 aromatic heterocycles. The van der Waals surface area contributed by atoms with E-state index in [1.54, 1.807) is 26.0 Å². The molecule has 2 rings (SSSR count). The molecule has 0 bridgehead atoms. The van der Waals surface area contributed by atoms with E-state index >= 15 is 0 Å². The minimum atomic E-state index is -0.475. The maximum absolute atomic E-state index is 12.2. The zero-order valence-electron chi connectivity index (χ0n) is 13.1. The summed E-state index contributed by atoms with van der Waals surface area (Å²) in [6.45, 7) is 5.17. The topological polar surface area (TPSA) is 105 Å². The van der Waals surface area contributed by atoms with Gasteiger partial charge in [-0.3, -0.25) is 19.7 Å². The summed E-state index contributed by atoms with van der Waals surface area (Å²) in [5.41, 5.74) is 2.92. The van der Waals surface area contributed by atoms with Gasteiger partial charge >= 0.3 is 0 Å². The van der Waals surface area contributed by atoms with E-state index in [2.05, 4.69) is 10.3 Å². The van der Waals surface area contributed by atoms with Crippen LogP contribution >= 0.6 is 0 Å². The summed E-state index contributed by atoms with van der Waals surface area (Å²) in [5.74, 6) is -0.415. The van der Waals surface area contributed by atoms with Crippen molar-refractivity contribution in [3.63, 3.8) is 0 Å². The van der Waals surface area contributed by atoms with Gasteiger partial charge in [0.25, 0.3) is 11.6 Å². The number of rotatable bonds is 5. The molecule has 0 saturated carbocycles. The number of ketones is 1. The Hall–Kier alpha value is -2.96. The van der Waals surface area contributed by atoms with E-state index in [-0.39, 0.29) is 23.9 Å². The zero-order chi connectivity index (χ0) is 17.1. The molecule has 1 aromatic carbocycles. The number of hydrogen-bond acceptors (Lipinski definition) is 4. The van der Waals surface area contributed by atoms with E-state index in [1.807, 2.05) is 0 Å². The number of hydrogen-bond donors (Lipinski definition) is 2. The number of Topliss-reactive ketones (excluding diaryl/α,β-unsaturated/α-hetero) is 1. The van der Waals surface area contributed by atoms with E-state index in [0.29, 0.717) is 22.5 Å². The molecule has 0 aliphatic heterocycles. The van der Waals surface area contributed by atoms with Gasteiger partial charge in [-0.1, -0.05) is 12.1 Å². The van der Waals surface area contributed by atoms with Gasteiger partial charge in [-0.15, -0.1) is 0 Å². The predicted molar refractivity (Wildman–Crippen MR) is 84.5 cm³/mol. The number of nitrogens with one attached hydrogen (secondary N) is 2. The van der Waals surface area contributed by atoms with Crippen LogP contribution in [0.5, 0.6) is 0 Å². The first-order chi connectivity index (χ1) is 10.8. The first-order valence-corrected chi connectivity index (χ1v) is 7.03. The lowest BCUT2D eigenvalue weighted by Gasteiger charge is -2.05. The lowest BCUT2D eigenvalue weighted by Crippen LogP contribution is -2.24. The van der Waals surface area contributed by atoms with Crippen LogP contribution in [-0.2, 0) is 6.54 Å². The van der Waals surface area contributed by atoms with Gasteiger partial charge in [-0.25, -0.2) is 0 Å². The molecule has 7 heteroatoms. The molecule has 2 N–H and O–H groups in total. The first-order valence-electron chi connectivity index (χ1n) is 7.03. The van der Waals surface area contributed by atoms with Crippen LogP contribution in [0, 0.1) is 24.0 Å². The van der Waals surface area contributed by atoms with Gasteiger partial charge in [-0.2, -0.15) is 0 Å². The molecular formula is C16H17N3O4. The SMILES string of the molecule is CC(=O)c1c(C)[nH]c(C(=O)NCc2ccc([N+](=O)[O-])cc2)c1C. The van der Waals surface area contributed by atoms with Crippen LogP contribution in [0.15, 0.2) is 24.3 Å². The van der Waals surface area contributed by atoms with Crippen molar-refractivity contribution in [1.82, 2.24) is 10.3 Å². The Balaban J connectivity index is 2.09. The average molecular weight is 315 g/mol. The molecule has 1 amide bonds. The maximum Gasteiger partial charge on any atom is 0.269 e. The summed E-state index contributed by atoms with van der Waals surface area (Å²) < 4.78 is 0. The Morgan fingerprint density at radius 2 is 1.83 bits per heavy atom. The Morgan fingerprint density at radius 1 is 1.22 bits per heavy atom. The third-order valence-electron chi connectivity index (χ3n) is 3.62.